The maximum Gasteiger partial charge on any atom is 0.122 e. The Morgan fingerprint density at radius 3 is 2.81 bits per heavy atom. The van der Waals surface area contributed by atoms with Crippen LogP contribution in [0.2, 0.25) is 0 Å². The van der Waals surface area contributed by atoms with Crippen LogP contribution in [-0.4, -0.2) is 13.2 Å². The molecule has 1 N–H and O–H groups in total. The van der Waals surface area contributed by atoms with E-state index >= 15 is 0 Å². The molecule has 0 aromatic heterocycles. The molecule has 1 heterocycles. The largest absolute Gasteiger partial charge is 0.493 e. The van der Waals surface area contributed by atoms with Gasteiger partial charge < -0.3 is 10.1 Å². The van der Waals surface area contributed by atoms with E-state index in [2.05, 4.69) is 37.4 Å². The van der Waals surface area contributed by atoms with Crippen LogP contribution in [-0.2, 0) is 6.42 Å². The topological polar surface area (TPSA) is 21.3 Å². The Bertz CT molecular complexity index is 416. The minimum Gasteiger partial charge on any atom is -0.493 e. The van der Waals surface area contributed by atoms with Gasteiger partial charge in [0.05, 0.1) is 6.61 Å². The fourth-order valence-corrected chi connectivity index (χ4v) is 3.18. The highest BCUT2D eigenvalue weighted by atomic mass is 16.5. The van der Waals surface area contributed by atoms with E-state index in [1.165, 1.54) is 56.1 Å². The number of nitrogens with one attached hydrogen (secondary N) is 1. The van der Waals surface area contributed by atoms with Crippen molar-refractivity contribution in [2.75, 3.05) is 13.2 Å². The van der Waals surface area contributed by atoms with Crippen molar-refractivity contribution in [1.29, 1.82) is 0 Å². The van der Waals surface area contributed by atoms with Crippen LogP contribution >= 0.6 is 0 Å². The van der Waals surface area contributed by atoms with E-state index in [0.29, 0.717) is 6.04 Å². The van der Waals surface area contributed by atoms with Crippen molar-refractivity contribution in [2.45, 2.75) is 71.3 Å². The Labute approximate surface area is 130 Å². The van der Waals surface area contributed by atoms with Gasteiger partial charge in [-0.05, 0) is 43.0 Å². The number of ether oxygens (including phenoxy) is 1. The molecule has 1 aliphatic heterocycles. The maximum atomic E-state index is 5.72. The van der Waals surface area contributed by atoms with E-state index in [1.807, 2.05) is 0 Å². The van der Waals surface area contributed by atoms with Crippen LogP contribution in [0.1, 0.15) is 76.0 Å². The van der Waals surface area contributed by atoms with Crippen LogP contribution in [0.3, 0.4) is 0 Å². The van der Waals surface area contributed by atoms with Crippen molar-refractivity contribution >= 4 is 0 Å². The van der Waals surface area contributed by atoms with Crippen LogP contribution in [0.15, 0.2) is 18.2 Å². The molecule has 118 valence electrons. The summed E-state index contributed by atoms with van der Waals surface area (Å²) >= 11 is 0. The fourth-order valence-electron chi connectivity index (χ4n) is 3.18. The summed E-state index contributed by atoms with van der Waals surface area (Å²) < 4.78 is 5.72. The number of aryl methyl sites for hydroxylation is 1. The number of hydrogen-bond donors (Lipinski definition) is 1. The molecule has 2 nitrogen and oxygen atoms in total. The molecule has 1 aromatic rings. The maximum absolute atomic E-state index is 5.72. The van der Waals surface area contributed by atoms with E-state index in [1.54, 1.807) is 0 Å². The first-order valence-electron chi connectivity index (χ1n) is 8.84. The monoisotopic (exact) mass is 289 g/mol. The molecule has 0 amide bonds. The molecule has 0 spiro atoms. The molecule has 0 saturated carbocycles. The Kier molecular flexibility index (Phi) is 7.08. The molecule has 0 aliphatic carbocycles. The lowest BCUT2D eigenvalue weighted by atomic mass is 9.95. The molecule has 21 heavy (non-hydrogen) atoms. The quantitative estimate of drug-likeness (QED) is 0.644. The summed E-state index contributed by atoms with van der Waals surface area (Å²) in [5.41, 5.74) is 2.84. The standard InChI is InChI=1S/C19H31NO/c1-3-5-6-7-8-11-18(20-4-2)16-12-13-19-17(15-16)10-9-14-21-19/h12-13,15,18,20H,3-11,14H2,1-2H3. The third-order valence-electron chi connectivity index (χ3n) is 4.38. The average Bonchev–Trinajstić information content (AvgIpc) is 2.53. The summed E-state index contributed by atoms with van der Waals surface area (Å²) in [7, 11) is 0. The van der Waals surface area contributed by atoms with Crippen molar-refractivity contribution in [3.8, 4) is 5.75 Å². The second kappa shape index (κ2) is 9.09. The summed E-state index contributed by atoms with van der Waals surface area (Å²) in [5.74, 6) is 1.10. The predicted molar refractivity (Wildman–Crippen MR) is 90.1 cm³/mol. The number of benzene rings is 1. The van der Waals surface area contributed by atoms with Crippen LogP contribution in [0.5, 0.6) is 5.75 Å². The van der Waals surface area contributed by atoms with Crippen LogP contribution in [0.25, 0.3) is 0 Å². The SMILES string of the molecule is CCCCCCCC(NCC)c1ccc2c(c1)CCCO2. The molecule has 1 aliphatic rings. The highest BCUT2D eigenvalue weighted by molar-refractivity contribution is 5.39. The van der Waals surface area contributed by atoms with Crippen LogP contribution in [0.4, 0.5) is 0 Å². The average molecular weight is 289 g/mol. The Morgan fingerprint density at radius 2 is 2.00 bits per heavy atom. The lowest BCUT2D eigenvalue weighted by molar-refractivity contribution is 0.288. The molecule has 2 rings (SSSR count). The summed E-state index contributed by atoms with van der Waals surface area (Å²) in [6.45, 7) is 6.38. The van der Waals surface area contributed by atoms with Gasteiger partial charge in [0.25, 0.3) is 0 Å². The smallest absolute Gasteiger partial charge is 0.122 e. The van der Waals surface area contributed by atoms with Crippen molar-refractivity contribution in [3.63, 3.8) is 0 Å². The van der Waals surface area contributed by atoms with Crippen molar-refractivity contribution < 1.29 is 4.74 Å². The molecule has 1 atom stereocenters. The zero-order chi connectivity index (χ0) is 14.9. The number of fused-ring (bicyclic) bond motifs is 1. The molecule has 1 aromatic carbocycles. The van der Waals surface area contributed by atoms with Gasteiger partial charge >= 0.3 is 0 Å². The number of rotatable bonds is 9. The lowest BCUT2D eigenvalue weighted by Crippen LogP contribution is -2.21. The van der Waals surface area contributed by atoms with Crippen LogP contribution in [0, 0.1) is 0 Å². The molecule has 0 bridgehead atoms. The minimum atomic E-state index is 0.504. The molecular weight excluding hydrogens is 258 g/mol. The fraction of sp³-hybridized carbons (Fsp3) is 0.684. The van der Waals surface area contributed by atoms with E-state index < -0.39 is 0 Å². The van der Waals surface area contributed by atoms with E-state index in [9.17, 15) is 0 Å². The van der Waals surface area contributed by atoms with E-state index in [-0.39, 0.29) is 0 Å². The molecule has 0 radical (unpaired) electrons. The van der Waals surface area contributed by atoms with Gasteiger partial charge in [-0.3, -0.25) is 0 Å². The summed E-state index contributed by atoms with van der Waals surface area (Å²) in [6.07, 6.45) is 10.3. The van der Waals surface area contributed by atoms with Crippen molar-refractivity contribution in [1.82, 2.24) is 5.32 Å². The van der Waals surface area contributed by atoms with Gasteiger partial charge in [-0.2, -0.15) is 0 Å². The highest BCUT2D eigenvalue weighted by Gasteiger charge is 2.15. The van der Waals surface area contributed by atoms with Gasteiger partial charge in [0.15, 0.2) is 0 Å². The first-order chi connectivity index (χ1) is 10.3. The second-order valence-corrected chi connectivity index (χ2v) is 6.13. The van der Waals surface area contributed by atoms with Gasteiger partial charge in [0, 0.05) is 6.04 Å². The molecular formula is C19H31NO. The predicted octanol–water partition coefficient (Wildman–Crippen LogP) is 5.02. The normalized spacial score (nSPS) is 15.3. The zero-order valence-corrected chi connectivity index (χ0v) is 13.8. The molecule has 0 fully saturated rings. The Morgan fingerprint density at radius 1 is 1.14 bits per heavy atom. The number of hydrogen-bond acceptors (Lipinski definition) is 2. The van der Waals surface area contributed by atoms with Crippen molar-refractivity contribution in [2.24, 2.45) is 0 Å². The third-order valence-corrected chi connectivity index (χ3v) is 4.38. The number of unbranched alkanes of at least 4 members (excludes halogenated alkanes) is 4. The summed E-state index contributed by atoms with van der Waals surface area (Å²) in [6, 6.07) is 7.30. The van der Waals surface area contributed by atoms with Gasteiger partial charge in [-0.15, -0.1) is 0 Å². The van der Waals surface area contributed by atoms with Gasteiger partial charge in [-0.1, -0.05) is 58.1 Å². The second-order valence-electron chi connectivity index (χ2n) is 6.13. The Balaban J connectivity index is 1.93. The molecule has 2 heteroatoms. The lowest BCUT2D eigenvalue weighted by Gasteiger charge is -2.22. The Hall–Kier alpha value is -1.02. The zero-order valence-electron chi connectivity index (χ0n) is 13.8. The van der Waals surface area contributed by atoms with Crippen molar-refractivity contribution in [3.05, 3.63) is 29.3 Å². The summed E-state index contributed by atoms with van der Waals surface area (Å²) in [5, 5.41) is 3.66. The third kappa shape index (κ3) is 5.03. The molecule has 0 saturated heterocycles. The van der Waals surface area contributed by atoms with Gasteiger partial charge in [0.1, 0.15) is 5.75 Å². The highest BCUT2D eigenvalue weighted by Crippen LogP contribution is 2.29. The first kappa shape index (κ1) is 16.4. The summed E-state index contributed by atoms with van der Waals surface area (Å²) in [4.78, 5) is 0. The molecule has 1 unspecified atom stereocenters. The van der Waals surface area contributed by atoms with E-state index in [4.69, 9.17) is 4.74 Å². The van der Waals surface area contributed by atoms with Crippen LogP contribution < -0.4 is 10.1 Å². The van der Waals surface area contributed by atoms with Gasteiger partial charge in [-0.25, -0.2) is 0 Å². The van der Waals surface area contributed by atoms with Gasteiger partial charge in [0.2, 0.25) is 0 Å². The first-order valence-corrected chi connectivity index (χ1v) is 8.84. The minimum absolute atomic E-state index is 0.504. The van der Waals surface area contributed by atoms with E-state index in [0.717, 1.165) is 25.3 Å².